The van der Waals surface area contributed by atoms with Crippen molar-refractivity contribution in [1.82, 2.24) is 14.8 Å². The van der Waals surface area contributed by atoms with Gasteiger partial charge in [-0.3, -0.25) is 4.79 Å². The third kappa shape index (κ3) is 2.04. The van der Waals surface area contributed by atoms with E-state index in [1.54, 1.807) is 13.0 Å². The monoisotopic (exact) mass is 230 g/mol. The molecule has 0 aliphatic heterocycles. The molecular weight excluding hydrogens is 216 g/mol. The average Bonchev–Trinajstić information content (AvgIpc) is 2.57. The summed E-state index contributed by atoms with van der Waals surface area (Å²) >= 11 is 0. The van der Waals surface area contributed by atoms with Gasteiger partial charge in [-0.05, 0) is 32.4 Å². The second-order valence-electron chi connectivity index (χ2n) is 4.05. The Morgan fingerprint density at radius 2 is 2.00 bits per heavy atom. The van der Waals surface area contributed by atoms with Crippen molar-refractivity contribution >= 4 is 11.9 Å². The minimum Gasteiger partial charge on any atom is -0.366 e. The Balaban J connectivity index is 2.47. The van der Waals surface area contributed by atoms with Crippen LogP contribution in [-0.2, 0) is 0 Å². The van der Waals surface area contributed by atoms with Gasteiger partial charge in [-0.15, -0.1) is 5.10 Å². The first-order valence-corrected chi connectivity index (χ1v) is 5.30. The average molecular weight is 230 g/mol. The molecule has 0 atom stereocenters. The summed E-state index contributed by atoms with van der Waals surface area (Å²) in [6, 6.07) is 5.66. The molecule has 2 rings (SSSR count). The molecule has 1 aromatic carbocycles. The van der Waals surface area contributed by atoms with Crippen LogP contribution in [0.2, 0.25) is 0 Å². The molecule has 0 fully saturated rings. The number of benzene rings is 1. The smallest absolute Gasteiger partial charge is 0.280 e. The summed E-state index contributed by atoms with van der Waals surface area (Å²) in [5.41, 5.74) is 8.12. The summed E-state index contributed by atoms with van der Waals surface area (Å²) in [7, 11) is 0. The molecule has 88 valence electrons. The lowest BCUT2D eigenvalue weighted by Gasteiger charge is -2.06. The third-order valence-corrected chi connectivity index (χ3v) is 2.59. The van der Waals surface area contributed by atoms with Gasteiger partial charge >= 0.3 is 0 Å². The second-order valence-corrected chi connectivity index (χ2v) is 4.05. The number of hydrogen-bond donors (Lipinski definition) is 1. The number of aromatic nitrogens is 3. The second kappa shape index (κ2) is 4.01. The first-order chi connectivity index (χ1) is 7.99. The Morgan fingerprint density at radius 3 is 2.53 bits per heavy atom. The quantitative estimate of drug-likeness (QED) is 0.805. The highest BCUT2D eigenvalue weighted by molar-refractivity contribution is 5.97. The number of anilines is 1. The molecule has 0 saturated heterocycles. The SMILES string of the molecule is Cc1ccc(C(=O)n2nc(N)nc2C)c(C)c1. The summed E-state index contributed by atoms with van der Waals surface area (Å²) in [6.45, 7) is 5.58. The van der Waals surface area contributed by atoms with Crippen LogP contribution in [0.15, 0.2) is 18.2 Å². The first-order valence-electron chi connectivity index (χ1n) is 5.30. The number of carbonyl (C=O) groups excluding carboxylic acids is 1. The first kappa shape index (κ1) is 11.3. The van der Waals surface area contributed by atoms with Gasteiger partial charge < -0.3 is 5.73 Å². The topological polar surface area (TPSA) is 73.8 Å². The predicted molar refractivity (Wildman–Crippen MR) is 64.8 cm³/mol. The lowest BCUT2D eigenvalue weighted by Crippen LogP contribution is -2.16. The van der Waals surface area contributed by atoms with E-state index >= 15 is 0 Å². The van der Waals surface area contributed by atoms with E-state index in [9.17, 15) is 4.79 Å². The Morgan fingerprint density at radius 1 is 1.29 bits per heavy atom. The van der Waals surface area contributed by atoms with Gasteiger partial charge in [0.15, 0.2) is 0 Å². The molecule has 0 aliphatic carbocycles. The van der Waals surface area contributed by atoms with Crippen LogP contribution in [-0.4, -0.2) is 20.7 Å². The Labute approximate surface area is 99.3 Å². The molecule has 0 radical (unpaired) electrons. The van der Waals surface area contributed by atoms with Crippen LogP contribution in [0, 0.1) is 20.8 Å². The highest BCUT2D eigenvalue weighted by Gasteiger charge is 2.15. The maximum Gasteiger partial charge on any atom is 0.280 e. The van der Waals surface area contributed by atoms with Crippen LogP contribution in [0.4, 0.5) is 5.95 Å². The molecular formula is C12H14N4O. The molecule has 0 unspecified atom stereocenters. The normalized spacial score (nSPS) is 10.5. The molecule has 1 aromatic heterocycles. The fourth-order valence-electron chi connectivity index (χ4n) is 1.77. The molecule has 0 saturated carbocycles. The van der Waals surface area contributed by atoms with Crippen LogP contribution in [0.1, 0.15) is 27.3 Å². The summed E-state index contributed by atoms with van der Waals surface area (Å²) in [6.07, 6.45) is 0. The number of carbonyl (C=O) groups is 1. The Bertz CT molecular complexity index is 586. The van der Waals surface area contributed by atoms with Gasteiger partial charge in [0.2, 0.25) is 5.95 Å². The van der Waals surface area contributed by atoms with E-state index in [2.05, 4.69) is 10.1 Å². The van der Waals surface area contributed by atoms with Gasteiger partial charge in [0.05, 0.1) is 0 Å². The molecule has 0 spiro atoms. The van der Waals surface area contributed by atoms with Gasteiger partial charge in [-0.25, -0.2) is 0 Å². The van der Waals surface area contributed by atoms with Gasteiger partial charge in [0.1, 0.15) is 5.82 Å². The molecule has 2 aromatic rings. The van der Waals surface area contributed by atoms with Gasteiger partial charge in [0, 0.05) is 5.56 Å². The maximum atomic E-state index is 12.2. The lowest BCUT2D eigenvalue weighted by atomic mass is 10.1. The van der Waals surface area contributed by atoms with E-state index in [0.29, 0.717) is 11.4 Å². The van der Waals surface area contributed by atoms with Crippen molar-refractivity contribution in [1.29, 1.82) is 0 Å². The number of hydrogen-bond acceptors (Lipinski definition) is 4. The number of nitrogens with two attached hydrogens (primary N) is 1. The molecule has 0 aliphatic rings. The standard InChI is InChI=1S/C12H14N4O/c1-7-4-5-10(8(2)6-7)11(17)16-9(3)14-12(13)15-16/h4-6H,1-3H3,(H2,13,15). The summed E-state index contributed by atoms with van der Waals surface area (Å²) in [5, 5.41) is 3.88. The van der Waals surface area contributed by atoms with E-state index in [1.807, 2.05) is 26.0 Å². The van der Waals surface area contributed by atoms with Crippen molar-refractivity contribution < 1.29 is 4.79 Å². The van der Waals surface area contributed by atoms with E-state index < -0.39 is 0 Å². The summed E-state index contributed by atoms with van der Waals surface area (Å²) in [5.74, 6) is 0.400. The molecule has 5 heteroatoms. The van der Waals surface area contributed by atoms with Crippen LogP contribution < -0.4 is 5.73 Å². The molecule has 0 amide bonds. The number of nitrogen functional groups attached to an aromatic ring is 1. The van der Waals surface area contributed by atoms with E-state index in [1.165, 1.54) is 4.68 Å². The molecule has 1 heterocycles. The lowest BCUT2D eigenvalue weighted by molar-refractivity contribution is 0.0942. The molecule has 5 nitrogen and oxygen atoms in total. The van der Waals surface area contributed by atoms with Crippen LogP contribution >= 0.6 is 0 Å². The number of nitrogens with zero attached hydrogens (tertiary/aromatic N) is 3. The predicted octanol–water partition coefficient (Wildman–Crippen LogP) is 1.47. The van der Waals surface area contributed by atoms with Crippen molar-refractivity contribution in [2.24, 2.45) is 0 Å². The van der Waals surface area contributed by atoms with E-state index in [-0.39, 0.29) is 11.9 Å². The zero-order chi connectivity index (χ0) is 12.6. The summed E-state index contributed by atoms with van der Waals surface area (Å²) in [4.78, 5) is 16.1. The fourth-order valence-corrected chi connectivity index (χ4v) is 1.77. The third-order valence-electron chi connectivity index (χ3n) is 2.59. The molecule has 17 heavy (non-hydrogen) atoms. The van der Waals surface area contributed by atoms with Gasteiger partial charge in [0.25, 0.3) is 5.91 Å². The largest absolute Gasteiger partial charge is 0.366 e. The minimum absolute atomic E-state index is 0.112. The van der Waals surface area contributed by atoms with E-state index in [4.69, 9.17) is 5.73 Å². The zero-order valence-corrected chi connectivity index (χ0v) is 10.1. The Hall–Kier alpha value is -2.17. The van der Waals surface area contributed by atoms with Crippen LogP contribution in [0.25, 0.3) is 0 Å². The van der Waals surface area contributed by atoms with Crippen molar-refractivity contribution in [3.63, 3.8) is 0 Å². The minimum atomic E-state index is -0.204. The van der Waals surface area contributed by atoms with Crippen molar-refractivity contribution in [3.05, 3.63) is 40.7 Å². The maximum absolute atomic E-state index is 12.2. The highest BCUT2D eigenvalue weighted by atomic mass is 16.2. The van der Waals surface area contributed by atoms with Crippen LogP contribution in [0.5, 0.6) is 0 Å². The number of rotatable bonds is 1. The van der Waals surface area contributed by atoms with Crippen LogP contribution in [0.3, 0.4) is 0 Å². The highest BCUT2D eigenvalue weighted by Crippen LogP contribution is 2.13. The molecule has 0 bridgehead atoms. The van der Waals surface area contributed by atoms with Gasteiger partial charge in [-0.1, -0.05) is 17.7 Å². The summed E-state index contributed by atoms with van der Waals surface area (Å²) < 4.78 is 1.23. The van der Waals surface area contributed by atoms with Crippen molar-refractivity contribution in [2.75, 3.05) is 5.73 Å². The zero-order valence-electron chi connectivity index (χ0n) is 10.1. The van der Waals surface area contributed by atoms with E-state index in [0.717, 1.165) is 11.1 Å². The fraction of sp³-hybridized carbons (Fsp3) is 0.250. The van der Waals surface area contributed by atoms with Crippen molar-refractivity contribution in [3.8, 4) is 0 Å². The molecule has 2 N–H and O–H groups in total. The van der Waals surface area contributed by atoms with Gasteiger partial charge in [-0.2, -0.15) is 9.67 Å². The van der Waals surface area contributed by atoms with Crippen molar-refractivity contribution in [2.45, 2.75) is 20.8 Å². The Kier molecular flexibility index (Phi) is 2.67. The number of aryl methyl sites for hydroxylation is 3.